The van der Waals surface area contributed by atoms with E-state index in [-0.39, 0.29) is 0 Å². The van der Waals surface area contributed by atoms with Crippen molar-refractivity contribution >= 4 is 11.3 Å². The average molecular weight is 237 g/mol. The van der Waals surface area contributed by atoms with Crippen molar-refractivity contribution in [3.05, 3.63) is 16.5 Å². The van der Waals surface area contributed by atoms with Crippen LogP contribution < -0.4 is 5.73 Å². The molecule has 0 aliphatic rings. The van der Waals surface area contributed by atoms with E-state index in [2.05, 4.69) is 26.7 Å². The predicted octanol–water partition coefficient (Wildman–Crippen LogP) is 1.50. The number of rotatable bonds is 3. The van der Waals surface area contributed by atoms with Gasteiger partial charge >= 0.3 is 0 Å². The monoisotopic (exact) mass is 237 g/mol. The SMILES string of the molecule is CCn1c(C)nnc1-c1sc(CN)nc1C. The standard InChI is InChI=1S/C10H15N5S/c1-4-15-7(3)13-14-10(15)9-6(2)12-8(5-11)16-9/h4-5,11H2,1-3H3. The lowest BCUT2D eigenvalue weighted by molar-refractivity contribution is 0.737. The van der Waals surface area contributed by atoms with Gasteiger partial charge in [-0.1, -0.05) is 0 Å². The molecule has 0 bridgehead atoms. The molecule has 0 unspecified atom stereocenters. The van der Waals surface area contributed by atoms with Crippen LogP contribution in [-0.4, -0.2) is 19.7 Å². The maximum absolute atomic E-state index is 5.59. The van der Waals surface area contributed by atoms with Crippen LogP contribution >= 0.6 is 11.3 Å². The van der Waals surface area contributed by atoms with Crippen molar-refractivity contribution in [2.24, 2.45) is 5.73 Å². The van der Waals surface area contributed by atoms with Gasteiger partial charge in [0.1, 0.15) is 10.8 Å². The molecule has 5 nitrogen and oxygen atoms in total. The van der Waals surface area contributed by atoms with E-state index >= 15 is 0 Å². The van der Waals surface area contributed by atoms with E-state index in [1.165, 1.54) is 0 Å². The van der Waals surface area contributed by atoms with Crippen molar-refractivity contribution in [1.29, 1.82) is 0 Å². The molecule has 0 saturated heterocycles. The lowest BCUT2D eigenvalue weighted by Gasteiger charge is -2.02. The summed E-state index contributed by atoms with van der Waals surface area (Å²) in [6, 6.07) is 0. The molecule has 2 N–H and O–H groups in total. The highest BCUT2D eigenvalue weighted by molar-refractivity contribution is 7.15. The molecule has 0 spiro atoms. The number of hydrogen-bond acceptors (Lipinski definition) is 5. The first-order chi connectivity index (χ1) is 7.67. The van der Waals surface area contributed by atoms with Crippen LogP contribution in [0.2, 0.25) is 0 Å². The molecule has 0 saturated carbocycles. The lowest BCUT2D eigenvalue weighted by atomic mass is 10.3. The molecule has 0 amide bonds. The maximum Gasteiger partial charge on any atom is 0.175 e. The van der Waals surface area contributed by atoms with Crippen LogP contribution in [0.1, 0.15) is 23.4 Å². The highest BCUT2D eigenvalue weighted by Crippen LogP contribution is 2.28. The van der Waals surface area contributed by atoms with Crippen LogP contribution in [0.3, 0.4) is 0 Å². The third kappa shape index (κ3) is 1.74. The van der Waals surface area contributed by atoms with Crippen molar-refractivity contribution in [1.82, 2.24) is 19.7 Å². The molecule has 2 rings (SSSR count). The van der Waals surface area contributed by atoms with Gasteiger partial charge in [0, 0.05) is 13.1 Å². The summed E-state index contributed by atoms with van der Waals surface area (Å²) in [5.74, 6) is 1.83. The van der Waals surface area contributed by atoms with Gasteiger partial charge in [0.25, 0.3) is 0 Å². The van der Waals surface area contributed by atoms with Crippen LogP contribution in [0.4, 0.5) is 0 Å². The van der Waals surface area contributed by atoms with E-state index in [0.29, 0.717) is 6.54 Å². The van der Waals surface area contributed by atoms with Crippen molar-refractivity contribution in [3.63, 3.8) is 0 Å². The van der Waals surface area contributed by atoms with Crippen LogP contribution in [0.15, 0.2) is 0 Å². The van der Waals surface area contributed by atoms with Gasteiger partial charge in [-0.25, -0.2) is 4.98 Å². The first kappa shape index (κ1) is 11.2. The minimum Gasteiger partial charge on any atom is -0.325 e. The van der Waals surface area contributed by atoms with E-state index in [1.807, 2.05) is 13.8 Å². The summed E-state index contributed by atoms with van der Waals surface area (Å²) in [5.41, 5.74) is 6.57. The summed E-state index contributed by atoms with van der Waals surface area (Å²) in [4.78, 5) is 5.47. The van der Waals surface area contributed by atoms with Gasteiger partial charge in [-0.3, -0.25) is 0 Å². The molecule has 2 aromatic rings. The Morgan fingerprint density at radius 2 is 2.06 bits per heavy atom. The third-order valence-corrected chi connectivity index (χ3v) is 3.65. The van der Waals surface area contributed by atoms with Gasteiger partial charge in [-0.2, -0.15) is 0 Å². The van der Waals surface area contributed by atoms with Crippen molar-refractivity contribution < 1.29 is 0 Å². The number of nitrogens with two attached hydrogens (primary N) is 1. The fourth-order valence-corrected chi connectivity index (χ4v) is 2.61. The van der Waals surface area contributed by atoms with Crippen LogP contribution in [0.25, 0.3) is 10.7 Å². The van der Waals surface area contributed by atoms with Gasteiger partial charge in [0.05, 0.1) is 10.6 Å². The van der Waals surface area contributed by atoms with E-state index in [4.69, 9.17) is 5.73 Å². The Kier molecular flexibility index (Phi) is 3.02. The number of thiazole rings is 1. The molecule has 0 aromatic carbocycles. The van der Waals surface area contributed by atoms with Gasteiger partial charge in [0.2, 0.25) is 0 Å². The molecule has 0 radical (unpaired) electrons. The normalized spacial score (nSPS) is 11.0. The molecule has 0 aliphatic heterocycles. The van der Waals surface area contributed by atoms with E-state index < -0.39 is 0 Å². The molecule has 2 aromatic heterocycles. The summed E-state index contributed by atoms with van der Waals surface area (Å²) in [7, 11) is 0. The number of aryl methyl sites for hydroxylation is 2. The Morgan fingerprint density at radius 1 is 1.31 bits per heavy atom. The molecule has 6 heteroatoms. The highest BCUT2D eigenvalue weighted by atomic mass is 32.1. The largest absolute Gasteiger partial charge is 0.325 e. The second-order valence-electron chi connectivity index (χ2n) is 3.54. The zero-order valence-electron chi connectivity index (χ0n) is 9.69. The molecular formula is C10H15N5S. The smallest absolute Gasteiger partial charge is 0.175 e. The quantitative estimate of drug-likeness (QED) is 0.878. The van der Waals surface area contributed by atoms with Crippen molar-refractivity contribution in [3.8, 4) is 10.7 Å². The Balaban J connectivity index is 2.53. The second-order valence-corrected chi connectivity index (χ2v) is 4.62. The third-order valence-electron chi connectivity index (χ3n) is 2.47. The van der Waals surface area contributed by atoms with Gasteiger partial charge in [-0.15, -0.1) is 21.5 Å². The topological polar surface area (TPSA) is 69.6 Å². The number of aromatic nitrogens is 4. The lowest BCUT2D eigenvalue weighted by Crippen LogP contribution is -1.99. The second kappa shape index (κ2) is 4.31. The Bertz CT molecular complexity index is 499. The molecule has 0 atom stereocenters. The minimum absolute atomic E-state index is 0.477. The van der Waals surface area contributed by atoms with Gasteiger partial charge < -0.3 is 10.3 Å². The number of hydrogen-bond donors (Lipinski definition) is 1. The van der Waals surface area contributed by atoms with Gasteiger partial charge in [-0.05, 0) is 20.8 Å². The summed E-state index contributed by atoms with van der Waals surface area (Å²) in [5, 5.41) is 9.25. The minimum atomic E-state index is 0.477. The predicted molar refractivity (Wildman–Crippen MR) is 64.2 cm³/mol. The molecule has 2 heterocycles. The van der Waals surface area contributed by atoms with E-state index in [0.717, 1.165) is 33.8 Å². The van der Waals surface area contributed by atoms with E-state index in [9.17, 15) is 0 Å². The molecular weight excluding hydrogens is 222 g/mol. The average Bonchev–Trinajstić information content (AvgIpc) is 2.81. The first-order valence-corrected chi connectivity index (χ1v) is 6.05. The summed E-state index contributed by atoms with van der Waals surface area (Å²) >= 11 is 1.60. The van der Waals surface area contributed by atoms with Crippen LogP contribution in [-0.2, 0) is 13.1 Å². The highest BCUT2D eigenvalue weighted by Gasteiger charge is 2.15. The van der Waals surface area contributed by atoms with Gasteiger partial charge in [0.15, 0.2) is 5.82 Å². The molecule has 86 valence electrons. The van der Waals surface area contributed by atoms with E-state index in [1.54, 1.807) is 11.3 Å². The Morgan fingerprint density at radius 3 is 2.62 bits per heavy atom. The van der Waals surface area contributed by atoms with Crippen molar-refractivity contribution in [2.45, 2.75) is 33.9 Å². The fraction of sp³-hybridized carbons (Fsp3) is 0.500. The Hall–Kier alpha value is -1.27. The maximum atomic E-state index is 5.59. The summed E-state index contributed by atoms with van der Waals surface area (Å²) < 4.78 is 2.08. The summed E-state index contributed by atoms with van der Waals surface area (Å²) in [6.07, 6.45) is 0. The van der Waals surface area contributed by atoms with Crippen molar-refractivity contribution in [2.75, 3.05) is 0 Å². The molecule has 16 heavy (non-hydrogen) atoms. The molecule has 0 aliphatic carbocycles. The number of nitrogens with zero attached hydrogens (tertiary/aromatic N) is 4. The zero-order chi connectivity index (χ0) is 11.7. The van der Waals surface area contributed by atoms with Crippen LogP contribution in [0.5, 0.6) is 0 Å². The van der Waals surface area contributed by atoms with Crippen LogP contribution in [0, 0.1) is 13.8 Å². The zero-order valence-corrected chi connectivity index (χ0v) is 10.5. The summed E-state index contributed by atoms with van der Waals surface area (Å²) in [6.45, 7) is 7.36. The molecule has 0 fully saturated rings. The Labute approximate surface area is 98.3 Å². The fourth-order valence-electron chi connectivity index (χ4n) is 1.67. The first-order valence-electron chi connectivity index (χ1n) is 5.24.